The molecule has 72 heavy (non-hydrogen) atoms. The SMILES string of the molecule is CN(CC(=O)NCC(S(=O)(=O)O)S(=O)(=O)O)Cc1cc(Cl)c(OCc2cccc(-c3cccc(OCc4cn(CCOCCOCCN5CCNCC5)nn4)c3)c2Br)cc1OCc1cncc(S(C)(=O)=O)c1. The Morgan fingerprint density at radius 1 is 0.861 bits per heavy atom. The lowest BCUT2D eigenvalue weighted by Crippen LogP contribution is -2.44. The summed E-state index contributed by atoms with van der Waals surface area (Å²) in [5, 5.41) is 14.0. The van der Waals surface area contributed by atoms with Gasteiger partial charge in [0, 0.05) is 85.1 Å². The van der Waals surface area contributed by atoms with Crippen molar-refractivity contribution in [3.63, 3.8) is 0 Å². The predicted octanol–water partition coefficient (Wildman–Crippen LogP) is 3.48. The highest BCUT2D eigenvalue weighted by Gasteiger charge is 2.36. The van der Waals surface area contributed by atoms with Crippen molar-refractivity contribution in [1.82, 2.24) is 40.4 Å². The molecule has 0 spiro atoms. The topological polar surface area (TPSA) is 280 Å². The zero-order valence-electron chi connectivity index (χ0n) is 39.4. The number of aromatic nitrogens is 4. The van der Waals surface area contributed by atoms with Gasteiger partial charge in [-0.1, -0.05) is 47.1 Å². The van der Waals surface area contributed by atoms with Crippen molar-refractivity contribution < 1.29 is 62.8 Å². The Hall–Kier alpha value is -4.84. The van der Waals surface area contributed by atoms with E-state index in [2.05, 4.69) is 46.8 Å². The Kier molecular flexibility index (Phi) is 20.7. The number of pyridine rings is 1. The van der Waals surface area contributed by atoms with E-state index in [9.17, 15) is 39.2 Å². The van der Waals surface area contributed by atoms with Crippen LogP contribution in [0.4, 0.5) is 0 Å². The van der Waals surface area contributed by atoms with E-state index >= 15 is 0 Å². The molecule has 4 N–H and O–H groups in total. The van der Waals surface area contributed by atoms with E-state index in [0.717, 1.165) is 60.1 Å². The average molecular weight is 1140 g/mol. The molecule has 1 fully saturated rings. The molecule has 3 aromatic carbocycles. The molecular formula is C45H56BrClN8O14S3. The molecule has 5 aromatic rings. The van der Waals surface area contributed by atoms with E-state index in [-0.39, 0.29) is 47.8 Å². The summed E-state index contributed by atoms with van der Waals surface area (Å²) in [7, 11) is -12.6. The summed E-state index contributed by atoms with van der Waals surface area (Å²) < 4.78 is 119. The van der Waals surface area contributed by atoms with Crippen molar-refractivity contribution in [3.8, 4) is 28.4 Å². The van der Waals surface area contributed by atoms with Crippen LogP contribution < -0.4 is 24.8 Å². The standard InChI is InChI=1S/C45H56BrClN8O14S3/c1-53(28-43(56)50-25-44(71(59,60)61)72(62,63)64)26-35-21-40(47)42(22-41(35)68-29-32-19-38(24-49-23-32)70(2,57)58)69-30-34-6-4-8-39(45(34)46)33-5-3-7-37(20-33)67-31-36-27-55(52-51-36)14-16-66-18-17-65-15-13-54-11-9-48-10-12-54/h3-8,19-24,27,44,48H,9-18,25-26,28-31H2,1-2H3,(H,50,56)(H,59,60,61)(H,62,63,64). The summed E-state index contributed by atoms with van der Waals surface area (Å²) in [5.74, 6) is 0.230. The lowest BCUT2D eigenvalue weighted by Gasteiger charge is -2.26. The molecule has 0 aliphatic carbocycles. The van der Waals surface area contributed by atoms with Gasteiger partial charge < -0.3 is 34.3 Å². The van der Waals surface area contributed by atoms with Gasteiger partial charge in [-0.15, -0.1) is 5.10 Å². The van der Waals surface area contributed by atoms with Crippen LogP contribution in [0.2, 0.25) is 5.02 Å². The average Bonchev–Trinajstić information content (AvgIpc) is 3.78. The number of benzene rings is 3. The number of carbonyl (C=O) groups is 1. The fraction of sp³-hybridized carbons (Fsp3) is 0.422. The highest BCUT2D eigenvalue weighted by Crippen LogP contribution is 2.37. The number of sulfone groups is 1. The first-order valence-electron chi connectivity index (χ1n) is 22.3. The summed E-state index contributed by atoms with van der Waals surface area (Å²) in [5.41, 5.74) is 4.00. The van der Waals surface area contributed by atoms with Crippen molar-refractivity contribution >= 4 is 63.5 Å². The molecule has 0 saturated carbocycles. The summed E-state index contributed by atoms with van der Waals surface area (Å²) in [4.78, 5) is 20.6. The number of piperazine rings is 1. The second-order valence-electron chi connectivity index (χ2n) is 16.6. The van der Waals surface area contributed by atoms with Crippen LogP contribution in [0.1, 0.15) is 22.4 Å². The highest BCUT2D eigenvalue weighted by molar-refractivity contribution is 9.10. The van der Waals surface area contributed by atoms with Crippen molar-refractivity contribution in [1.29, 1.82) is 0 Å². The highest BCUT2D eigenvalue weighted by atomic mass is 79.9. The van der Waals surface area contributed by atoms with Crippen LogP contribution in [-0.2, 0) is 77.3 Å². The number of likely N-dealkylation sites (N-methyl/N-ethyl adjacent to an activating group) is 1. The third kappa shape index (κ3) is 17.7. The molecular weight excluding hydrogens is 1090 g/mol. The van der Waals surface area contributed by atoms with Crippen LogP contribution in [0.25, 0.3) is 11.1 Å². The maximum atomic E-state index is 12.7. The van der Waals surface area contributed by atoms with Gasteiger partial charge in [0.05, 0.1) is 62.2 Å². The number of ether oxygens (including phenoxy) is 5. The number of carbonyl (C=O) groups excluding carboxylic acids is 1. The normalized spacial score (nSPS) is 13.7. The molecule has 1 aliphatic heterocycles. The summed E-state index contributed by atoms with van der Waals surface area (Å²) in [6.45, 7) is 6.32. The number of hydrogen-bond acceptors (Lipinski definition) is 18. The van der Waals surface area contributed by atoms with E-state index in [0.29, 0.717) is 55.5 Å². The molecule has 1 aliphatic rings. The van der Waals surface area contributed by atoms with Gasteiger partial charge in [0.2, 0.25) is 10.5 Å². The minimum atomic E-state index is -5.27. The molecule has 6 rings (SSSR count). The molecule has 392 valence electrons. The molecule has 1 amide bonds. The first kappa shape index (κ1) is 56.5. The summed E-state index contributed by atoms with van der Waals surface area (Å²) in [6, 6.07) is 17.8. The number of nitrogens with zero attached hydrogens (tertiary/aromatic N) is 6. The van der Waals surface area contributed by atoms with Crippen LogP contribution in [0.5, 0.6) is 17.2 Å². The lowest BCUT2D eigenvalue weighted by molar-refractivity contribution is -0.121. The van der Waals surface area contributed by atoms with E-state index < -0.39 is 53.7 Å². The van der Waals surface area contributed by atoms with Gasteiger partial charge in [0.25, 0.3) is 20.2 Å². The molecule has 22 nitrogen and oxygen atoms in total. The Bertz CT molecular complexity index is 2930. The summed E-state index contributed by atoms with van der Waals surface area (Å²) >= 11 is 10.5. The smallest absolute Gasteiger partial charge is 0.286 e. The van der Waals surface area contributed by atoms with Crippen molar-refractivity contribution in [2.45, 2.75) is 42.4 Å². The van der Waals surface area contributed by atoms with Gasteiger partial charge in [-0.05, 0) is 58.4 Å². The molecule has 0 atom stereocenters. The van der Waals surface area contributed by atoms with Gasteiger partial charge in [0.15, 0.2) is 9.84 Å². The fourth-order valence-corrected chi connectivity index (χ4v) is 10.4. The number of nitrogens with one attached hydrogen (secondary N) is 2. The third-order valence-electron chi connectivity index (χ3n) is 10.9. The summed E-state index contributed by atoms with van der Waals surface area (Å²) in [6.07, 6.45) is 5.53. The van der Waals surface area contributed by atoms with Crippen molar-refractivity contribution in [2.24, 2.45) is 0 Å². The van der Waals surface area contributed by atoms with Crippen molar-refractivity contribution in [3.05, 3.63) is 111 Å². The maximum absolute atomic E-state index is 12.7. The first-order valence-corrected chi connectivity index (χ1v) is 28.4. The van der Waals surface area contributed by atoms with Gasteiger partial charge in [0.1, 0.15) is 42.8 Å². The Morgan fingerprint density at radius 3 is 2.29 bits per heavy atom. The molecule has 0 bridgehead atoms. The minimum absolute atomic E-state index is 0.00889. The number of halogens is 2. The second kappa shape index (κ2) is 26.4. The molecule has 0 unspecified atom stereocenters. The molecule has 1 saturated heterocycles. The van der Waals surface area contributed by atoms with Crippen LogP contribution in [0.15, 0.2) is 88.6 Å². The number of amides is 1. The molecule has 2 aromatic heterocycles. The molecule has 27 heteroatoms. The Balaban J connectivity index is 1.06. The molecule has 3 heterocycles. The van der Waals surface area contributed by atoms with E-state index in [4.69, 9.17) is 35.3 Å². The lowest BCUT2D eigenvalue weighted by atomic mass is 10.0. The quantitative estimate of drug-likeness (QED) is 0.0412. The predicted molar refractivity (Wildman–Crippen MR) is 269 cm³/mol. The van der Waals surface area contributed by atoms with Crippen LogP contribution in [0.3, 0.4) is 0 Å². The molecule has 0 radical (unpaired) electrons. The largest absolute Gasteiger partial charge is 0.488 e. The second-order valence-corrected chi connectivity index (χ2v) is 23.3. The Labute approximate surface area is 431 Å². The Morgan fingerprint density at radius 2 is 1.57 bits per heavy atom. The van der Waals surface area contributed by atoms with Crippen LogP contribution in [0, 0.1) is 0 Å². The van der Waals surface area contributed by atoms with E-state index in [1.165, 1.54) is 30.4 Å². The maximum Gasteiger partial charge on any atom is 0.286 e. The van der Waals surface area contributed by atoms with Crippen molar-refractivity contribution in [2.75, 3.05) is 85.5 Å². The van der Waals surface area contributed by atoms with E-state index in [1.54, 1.807) is 16.8 Å². The minimum Gasteiger partial charge on any atom is -0.488 e. The van der Waals surface area contributed by atoms with Crippen LogP contribution >= 0.6 is 27.5 Å². The first-order chi connectivity index (χ1) is 34.2. The third-order valence-corrected chi connectivity index (χ3v) is 16.3. The van der Waals surface area contributed by atoms with Gasteiger partial charge >= 0.3 is 0 Å². The number of rotatable bonds is 28. The van der Waals surface area contributed by atoms with Gasteiger partial charge in [-0.25, -0.2) is 13.1 Å². The van der Waals surface area contributed by atoms with Crippen LogP contribution in [-0.4, -0.2) is 160 Å². The monoisotopic (exact) mass is 1140 g/mol. The zero-order valence-corrected chi connectivity index (χ0v) is 44.1. The fourth-order valence-electron chi connectivity index (χ4n) is 7.16. The van der Waals surface area contributed by atoms with E-state index in [1.807, 2.05) is 48.7 Å². The van der Waals surface area contributed by atoms with Gasteiger partial charge in [-0.3, -0.25) is 28.7 Å². The van der Waals surface area contributed by atoms with Gasteiger partial charge in [-0.2, -0.15) is 16.8 Å². The number of hydrogen-bond donors (Lipinski definition) is 4. The zero-order chi connectivity index (χ0) is 51.9.